The Bertz CT molecular complexity index is 1450. The molecule has 4 atom stereocenters. The number of ether oxygens (including phenoxy) is 2. The molecule has 3 aromatic carbocycles. The number of nitrogens with one attached hydrogen (secondary N) is 1. The van der Waals surface area contributed by atoms with E-state index in [9.17, 15) is 20.4 Å². The monoisotopic (exact) mass is 673 g/mol. The van der Waals surface area contributed by atoms with E-state index in [2.05, 4.69) is 36.5 Å². The number of aromatic hydroxyl groups is 1. The smallest absolute Gasteiger partial charge is 0.121 e. The van der Waals surface area contributed by atoms with Crippen LogP contribution in [0.4, 0.5) is 0 Å². The third-order valence-electron chi connectivity index (χ3n) is 11.7. The van der Waals surface area contributed by atoms with Crippen LogP contribution in [-0.4, -0.2) is 83.0 Å². The molecule has 0 spiro atoms. The van der Waals surface area contributed by atoms with Crippen molar-refractivity contribution in [3.05, 3.63) is 95.1 Å². The van der Waals surface area contributed by atoms with E-state index in [-0.39, 0.29) is 30.4 Å². The molecule has 5 N–H and O–H groups in total. The quantitative estimate of drug-likeness (QED) is 0.0936. The van der Waals surface area contributed by atoms with Crippen LogP contribution in [0.3, 0.4) is 0 Å². The summed E-state index contributed by atoms with van der Waals surface area (Å²) in [4.78, 5) is 0. The van der Waals surface area contributed by atoms with Gasteiger partial charge in [-0.05, 0) is 73.1 Å². The molecule has 2 bridgehead atoms. The van der Waals surface area contributed by atoms with Gasteiger partial charge in [0.05, 0.1) is 45.6 Å². The van der Waals surface area contributed by atoms with Gasteiger partial charge in [0.15, 0.2) is 0 Å². The van der Waals surface area contributed by atoms with E-state index in [1.54, 1.807) is 12.1 Å². The van der Waals surface area contributed by atoms with Crippen LogP contribution < -0.4 is 10.1 Å². The van der Waals surface area contributed by atoms with Gasteiger partial charge in [-0.2, -0.15) is 0 Å². The highest BCUT2D eigenvalue weighted by molar-refractivity contribution is 5.36. The van der Waals surface area contributed by atoms with Crippen LogP contribution in [0.25, 0.3) is 0 Å². The van der Waals surface area contributed by atoms with E-state index in [1.165, 1.54) is 50.4 Å². The second kappa shape index (κ2) is 16.4. The summed E-state index contributed by atoms with van der Waals surface area (Å²) in [6.07, 6.45) is 8.23. The van der Waals surface area contributed by atoms with Crippen molar-refractivity contribution in [1.82, 2.24) is 5.32 Å². The average Bonchev–Trinajstić information content (AvgIpc) is 3.69. The molecule has 3 saturated heterocycles. The maximum Gasteiger partial charge on any atom is 0.121 e. The van der Waals surface area contributed by atoms with E-state index in [0.29, 0.717) is 36.8 Å². The lowest BCUT2D eigenvalue weighted by atomic mass is 9.80. The van der Waals surface area contributed by atoms with Gasteiger partial charge in [0.25, 0.3) is 0 Å². The second-order valence-corrected chi connectivity index (χ2v) is 15.1. The van der Waals surface area contributed by atoms with Gasteiger partial charge in [-0.15, -0.1) is 0 Å². The van der Waals surface area contributed by atoms with Gasteiger partial charge in [0.1, 0.15) is 29.7 Å². The summed E-state index contributed by atoms with van der Waals surface area (Å²) >= 11 is 0. The Morgan fingerprint density at radius 2 is 1.69 bits per heavy atom. The van der Waals surface area contributed by atoms with Crippen LogP contribution in [0.2, 0.25) is 0 Å². The van der Waals surface area contributed by atoms with Crippen molar-refractivity contribution in [2.24, 2.45) is 11.8 Å². The molecule has 3 heterocycles. The average molecular weight is 674 g/mol. The van der Waals surface area contributed by atoms with Crippen molar-refractivity contribution < 1.29 is 34.4 Å². The zero-order valence-corrected chi connectivity index (χ0v) is 29.2. The van der Waals surface area contributed by atoms with Crippen LogP contribution in [-0.2, 0) is 23.4 Å². The third-order valence-corrected chi connectivity index (χ3v) is 11.7. The fourth-order valence-corrected chi connectivity index (χ4v) is 8.63. The van der Waals surface area contributed by atoms with Crippen molar-refractivity contribution >= 4 is 0 Å². The molecule has 7 rings (SSSR count). The summed E-state index contributed by atoms with van der Waals surface area (Å²) in [7, 11) is 0. The van der Waals surface area contributed by atoms with E-state index in [4.69, 9.17) is 9.47 Å². The minimum Gasteiger partial charge on any atom is -0.508 e. The number of quaternary nitrogens is 1. The Labute approximate surface area is 292 Å². The molecule has 4 aliphatic rings. The van der Waals surface area contributed by atoms with Crippen molar-refractivity contribution in [2.45, 2.75) is 88.7 Å². The zero-order chi connectivity index (χ0) is 34.3. The second-order valence-electron chi connectivity index (χ2n) is 15.1. The number of hydrogen-bond acceptors (Lipinski definition) is 7. The molecule has 8 nitrogen and oxygen atoms in total. The topological polar surface area (TPSA) is 111 Å². The summed E-state index contributed by atoms with van der Waals surface area (Å²) in [5.41, 5.74) is 2.37. The van der Waals surface area contributed by atoms with Crippen LogP contribution >= 0.6 is 0 Å². The molecule has 1 unspecified atom stereocenters. The van der Waals surface area contributed by atoms with Crippen molar-refractivity contribution in [1.29, 1.82) is 0 Å². The highest BCUT2D eigenvalue weighted by Gasteiger charge is 2.48. The first-order valence-electron chi connectivity index (χ1n) is 18.6. The lowest BCUT2D eigenvalue weighted by Gasteiger charge is -2.53. The van der Waals surface area contributed by atoms with Gasteiger partial charge in [-0.25, -0.2) is 0 Å². The molecule has 266 valence electrons. The van der Waals surface area contributed by atoms with Crippen molar-refractivity contribution in [3.8, 4) is 11.5 Å². The standard InChI is InChI=1S/C41H56N2O6/c1-30(42-26-39(46)33-14-17-38(45)34(25-33)28-44)24-31-12-15-37(16-13-31)48-23-7-20-43-21-18-32(19-22-43)40(27-43)49-29-41(47,36-10-5-6-11-36)35-8-3-2-4-9-35/h2-4,8-9,12-17,25,30,32,36,39-40,42,44,46-47H,5-7,10-11,18-24,26-29H2,1H3/p+1/t30-,32?,39+,40+,41?,43?/m1/s1. The number of piperidine rings is 3. The SMILES string of the molecule is C[C@H](Cc1ccc(OCCC[N+]23CCC(CC2)[C@@H](OCC(O)(c2ccccc2)C2CCCC2)C3)cc1)NC[C@H](O)c1ccc(O)c(CO)c1. The lowest BCUT2D eigenvalue weighted by Crippen LogP contribution is -2.65. The van der Waals surface area contributed by atoms with Crippen molar-refractivity contribution in [2.75, 3.05) is 45.9 Å². The minimum absolute atomic E-state index is 0.0327. The molecule has 0 amide bonds. The minimum atomic E-state index is -0.907. The van der Waals surface area contributed by atoms with Crippen LogP contribution in [0, 0.1) is 11.8 Å². The Hall–Kier alpha value is -2.98. The number of benzene rings is 3. The maximum atomic E-state index is 12.0. The molecule has 1 saturated carbocycles. The van der Waals surface area contributed by atoms with E-state index in [1.807, 2.05) is 30.3 Å². The number of aliphatic hydroxyl groups excluding tert-OH is 2. The molecule has 0 aromatic heterocycles. The first kappa shape index (κ1) is 35.8. The normalized spacial score (nSPS) is 24.8. The first-order valence-corrected chi connectivity index (χ1v) is 18.6. The fraction of sp³-hybridized carbons (Fsp3) is 0.561. The van der Waals surface area contributed by atoms with Crippen molar-refractivity contribution in [3.63, 3.8) is 0 Å². The van der Waals surface area contributed by atoms with E-state index < -0.39 is 11.7 Å². The number of hydrogen-bond donors (Lipinski definition) is 5. The largest absolute Gasteiger partial charge is 0.508 e. The Kier molecular flexibility index (Phi) is 12.0. The van der Waals surface area contributed by atoms with Gasteiger partial charge in [-0.1, -0.05) is 61.4 Å². The lowest BCUT2D eigenvalue weighted by molar-refractivity contribution is -0.946. The molecule has 4 fully saturated rings. The third kappa shape index (κ3) is 8.85. The molecule has 49 heavy (non-hydrogen) atoms. The Morgan fingerprint density at radius 3 is 2.41 bits per heavy atom. The highest BCUT2D eigenvalue weighted by Crippen LogP contribution is 2.42. The maximum absolute atomic E-state index is 12.0. The molecular weight excluding hydrogens is 616 g/mol. The summed E-state index contributed by atoms with van der Waals surface area (Å²) in [6, 6.07) is 23.5. The molecule has 3 aliphatic heterocycles. The summed E-state index contributed by atoms with van der Waals surface area (Å²) in [6.45, 7) is 7.85. The van der Waals surface area contributed by atoms with Gasteiger partial charge < -0.3 is 39.7 Å². The first-order chi connectivity index (χ1) is 23.8. The number of nitrogens with zero attached hydrogens (tertiary/aromatic N) is 1. The van der Waals surface area contributed by atoms with Crippen LogP contribution in [0.1, 0.15) is 80.2 Å². The molecular formula is C41H57N2O6+. The molecule has 1 aliphatic carbocycles. The Balaban J connectivity index is 0.929. The van der Waals surface area contributed by atoms with Gasteiger partial charge in [0.2, 0.25) is 0 Å². The van der Waals surface area contributed by atoms with Gasteiger partial charge in [-0.3, -0.25) is 0 Å². The highest BCUT2D eigenvalue weighted by atomic mass is 16.5. The van der Waals surface area contributed by atoms with E-state index in [0.717, 1.165) is 54.6 Å². The Morgan fingerprint density at radius 1 is 0.959 bits per heavy atom. The predicted molar refractivity (Wildman–Crippen MR) is 191 cm³/mol. The molecule has 0 radical (unpaired) electrons. The molecule has 8 heteroatoms. The number of aliphatic hydroxyl groups is 3. The summed E-state index contributed by atoms with van der Waals surface area (Å²) in [5, 5.41) is 45.2. The predicted octanol–water partition coefficient (Wildman–Crippen LogP) is 5.61. The fourth-order valence-electron chi connectivity index (χ4n) is 8.63. The number of rotatable bonds is 17. The van der Waals surface area contributed by atoms with E-state index >= 15 is 0 Å². The van der Waals surface area contributed by atoms with Crippen LogP contribution in [0.5, 0.6) is 11.5 Å². The van der Waals surface area contributed by atoms with Crippen LogP contribution in [0.15, 0.2) is 72.8 Å². The summed E-state index contributed by atoms with van der Waals surface area (Å²) in [5.74, 6) is 1.78. The zero-order valence-electron chi connectivity index (χ0n) is 29.2. The van der Waals surface area contributed by atoms with Gasteiger partial charge >= 0.3 is 0 Å². The van der Waals surface area contributed by atoms with Gasteiger partial charge in [0, 0.05) is 43.3 Å². The summed E-state index contributed by atoms with van der Waals surface area (Å²) < 4.78 is 14.0. The molecule has 3 aromatic rings. The number of phenols is 1. The number of fused-ring (bicyclic) bond motifs is 3.